The lowest BCUT2D eigenvalue weighted by Crippen LogP contribution is -2.07. The van der Waals surface area contributed by atoms with Crippen LogP contribution >= 0.6 is 0 Å². The molecule has 2 N–H and O–H groups in total. The van der Waals surface area contributed by atoms with Crippen molar-refractivity contribution < 1.29 is 0 Å². The summed E-state index contributed by atoms with van der Waals surface area (Å²) in [6.07, 6.45) is 2.80. The summed E-state index contributed by atoms with van der Waals surface area (Å²) in [5, 5.41) is 0. The minimum Gasteiger partial charge on any atom is -0.330 e. The molecule has 0 spiro atoms. The molecule has 102 valence electrons. The number of hydrogen-bond acceptors (Lipinski definition) is 3. The van der Waals surface area contributed by atoms with Crippen LogP contribution < -0.4 is 5.73 Å². The summed E-state index contributed by atoms with van der Waals surface area (Å²) in [6.45, 7) is 3.54. The van der Waals surface area contributed by atoms with E-state index >= 15 is 0 Å². The van der Waals surface area contributed by atoms with Gasteiger partial charge in [0.25, 0.3) is 0 Å². The van der Waals surface area contributed by atoms with Gasteiger partial charge in [0.1, 0.15) is 11.3 Å². The molecule has 0 bridgehead atoms. The molecule has 0 radical (unpaired) electrons. The number of fused-ring (bicyclic) bond motifs is 1. The van der Waals surface area contributed by atoms with Crippen LogP contribution in [-0.4, -0.2) is 21.1 Å². The Morgan fingerprint density at radius 3 is 2.75 bits per heavy atom. The Hall–Kier alpha value is -2.20. The van der Waals surface area contributed by atoms with Gasteiger partial charge in [-0.05, 0) is 31.5 Å². The van der Waals surface area contributed by atoms with Crippen LogP contribution in [0.15, 0.2) is 42.6 Å². The predicted molar refractivity (Wildman–Crippen MR) is 81.4 cm³/mol. The Bertz CT molecular complexity index is 716. The second-order valence-electron chi connectivity index (χ2n) is 4.95. The van der Waals surface area contributed by atoms with E-state index in [4.69, 9.17) is 10.7 Å². The molecule has 0 aliphatic rings. The van der Waals surface area contributed by atoms with Crippen molar-refractivity contribution in [3.05, 3.63) is 48.2 Å². The minimum atomic E-state index is 0.666. The van der Waals surface area contributed by atoms with E-state index < -0.39 is 0 Å². The zero-order valence-corrected chi connectivity index (χ0v) is 11.6. The first-order valence-electron chi connectivity index (χ1n) is 6.88. The van der Waals surface area contributed by atoms with E-state index in [-0.39, 0.29) is 0 Å². The number of nitrogens with two attached hydrogens (primary N) is 1. The van der Waals surface area contributed by atoms with Crippen LogP contribution in [0.5, 0.6) is 0 Å². The number of aryl methyl sites for hydroxylation is 2. The van der Waals surface area contributed by atoms with Gasteiger partial charge in [-0.2, -0.15) is 0 Å². The molecule has 2 aromatic heterocycles. The molecule has 0 amide bonds. The quantitative estimate of drug-likeness (QED) is 0.790. The third kappa shape index (κ3) is 2.30. The monoisotopic (exact) mass is 266 g/mol. The maximum atomic E-state index is 5.65. The number of imidazole rings is 1. The van der Waals surface area contributed by atoms with Gasteiger partial charge < -0.3 is 10.3 Å². The van der Waals surface area contributed by atoms with Gasteiger partial charge in [0, 0.05) is 18.3 Å². The van der Waals surface area contributed by atoms with Crippen LogP contribution in [0.3, 0.4) is 0 Å². The fraction of sp³-hybridized carbons (Fsp3) is 0.250. The maximum absolute atomic E-state index is 5.65. The van der Waals surface area contributed by atoms with E-state index in [9.17, 15) is 0 Å². The summed E-state index contributed by atoms with van der Waals surface area (Å²) in [7, 11) is 0. The molecule has 0 atom stereocenters. The van der Waals surface area contributed by atoms with Gasteiger partial charge in [-0.3, -0.25) is 0 Å². The molecule has 0 aliphatic heterocycles. The van der Waals surface area contributed by atoms with Gasteiger partial charge in [-0.15, -0.1) is 0 Å². The third-order valence-electron chi connectivity index (χ3n) is 3.34. The van der Waals surface area contributed by atoms with Crippen molar-refractivity contribution in [2.24, 2.45) is 5.73 Å². The standard InChI is InChI=1S/C16H18N4/c1-12-10-14-16(18-11-12)20(9-5-8-17)15(19-14)13-6-3-2-4-7-13/h2-4,6-7,10-11H,5,8-9,17H2,1H3. The summed E-state index contributed by atoms with van der Waals surface area (Å²) in [5.74, 6) is 0.965. The SMILES string of the molecule is Cc1cnc2c(c1)nc(-c1ccccc1)n2CCCN. The molecule has 4 heteroatoms. The number of pyridine rings is 1. The predicted octanol–water partition coefficient (Wildman–Crippen LogP) is 2.76. The van der Waals surface area contributed by atoms with Crippen molar-refractivity contribution >= 4 is 11.2 Å². The van der Waals surface area contributed by atoms with Crippen molar-refractivity contribution in [1.82, 2.24) is 14.5 Å². The number of aromatic nitrogens is 3. The van der Waals surface area contributed by atoms with Gasteiger partial charge in [0.2, 0.25) is 0 Å². The Morgan fingerprint density at radius 1 is 1.20 bits per heavy atom. The van der Waals surface area contributed by atoms with E-state index in [1.807, 2.05) is 31.3 Å². The van der Waals surface area contributed by atoms with Crippen molar-refractivity contribution in [2.75, 3.05) is 6.54 Å². The molecular weight excluding hydrogens is 248 g/mol. The summed E-state index contributed by atoms with van der Waals surface area (Å²) < 4.78 is 2.16. The molecule has 20 heavy (non-hydrogen) atoms. The molecule has 0 saturated carbocycles. The summed E-state index contributed by atoms with van der Waals surface area (Å²) in [6, 6.07) is 12.3. The highest BCUT2D eigenvalue weighted by atomic mass is 15.1. The van der Waals surface area contributed by atoms with Crippen molar-refractivity contribution in [1.29, 1.82) is 0 Å². The molecule has 0 aliphatic carbocycles. The first kappa shape index (κ1) is 12.8. The molecule has 0 fully saturated rings. The highest BCUT2D eigenvalue weighted by molar-refractivity contribution is 5.77. The third-order valence-corrected chi connectivity index (χ3v) is 3.34. The number of nitrogens with zero attached hydrogens (tertiary/aromatic N) is 3. The van der Waals surface area contributed by atoms with Gasteiger partial charge in [-0.25, -0.2) is 9.97 Å². The van der Waals surface area contributed by atoms with E-state index in [0.29, 0.717) is 6.54 Å². The van der Waals surface area contributed by atoms with Gasteiger partial charge >= 0.3 is 0 Å². The van der Waals surface area contributed by atoms with Crippen molar-refractivity contribution in [3.63, 3.8) is 0 Å². The molecule has 3 rings (SSSR count). The molecule has 0 saturated heterocycles. The lowest BCUT2D eigenvalue weighted by molar-refractivity contribution is 0.667. The lowest BCUT2D eigenvalue weighted by Gasteiger charge is -2.07. The normalized spacial score (nSPS) is 11.1. The first-order chi connectivity index (χ1) is 9.79. The van der Waals surface area contributed by atoms with E-state index in [1.165, 1.54) is 0 Å². The van der Waals surface area contributed by atoms with Crippen molar-refractivity contribution in [2.45, 2.75) is 19.9 Å². The largest absolute Gasteiger partial charge is 0.330 e. The summed E-state index contributed by atoms with van der Waals surface area (Å²) in [4.78, 5) is 9.30. The van der Waals surface area contributed by atoms with Gasteiger partial charge in [0.15, 0.2) is 5.65 Å². The van der Waals surface area contributed by atoms with Crippen LogP contribution in [0.2, 0.25) is 0 Å². The van der Waals surface area contributed by atoms with E-state index in [1.54, 1.807) is 0 Å². The minimum absolute atomic E-state index is 0.666. The Labute approximate surface area is 118 Å². The van der Waals surface area contributed by atoms with Crippen LogP contribution in [-0.2, 0) is 6.54 Å². The molecule has 3 aromatic rings. The number of hydrogen-bond donors (Lipinski definition) is 1. The van der Waals surface area contributed by atoms with E-state index in [2.05, 4.69) is 27.8 Å². The fourth-order valence-corrected chi connectivity index (χ4v) is 2.38. The lowest BCUT2D eigenvalue weighted by atomic mass is 10.2. The van der Waals surface area contributed by atoms with Crippen LogP contribution in [0.25, 0.3) is 22.6 Å². The van der Waals surface area contributed by atoms with E-state index in [0.717, 1.165) is 41.1 Å². The average molecular weight is 266 g/mol. The maximum Gasteiger partial charge on any atom is 0.160 e. The van der Waals surface area contributed by atoms with Crippen LogP contribution in [0.1, 0.15) is 12.0 Å². The molecule has 1 aromatic carbocycles. The Kier molecular flexibility index (Phi) is 3.48. The average Bonchev–Trinajstić information content (AvgIpc) is 2.83. The van der Waals surface area contributed by atoms with Crippen LogP contribution in [0.4, 0.5) is 0 Å². The number of benzene rings is 1. The first-order valence-corrected chi connectivity index (χ1v) is 6.88. The number of rotatable bonds is 4. The highest BCUT2D eigenvalue weighted by Crippen LogP contribution is 2.24. The van der Waals surface area contributed by atoms with Gasteiger partial charge in [-0.1, -0.05) is 30.3 Å². The smallest absolute Gasteiger partial charge is 0.160 e. The second kappa shape index (κ2) is 5.43. The molecule has 0 unspecified atom stereocenters. The Balaban J connectivity index is 2.19. The van der Waals surface area contributed by atoms with Crippen LogP contribution in [0, 0.1) is 6.92 Å². The fourth-order valence-electron chi connectivity index (χ4n) is 2.38. The topological polar surface area (TPSA) is 56.7 Å². The highest BCUT2D eigenvalue weighted by Gasteiger charge is 2.13. The molecular formula is C16H18N4. The van der Waals surface area contributed by atoms with Gasteiger partial charge in [0.05, 0.1) is 0 Å². The summed E-state index contributed by atoms with van der Waals surface area (Å²) >= 11 is 0. The second-order valence-corrected chi connectivity index (χ2v) is 4.95. The molecule has 4 nitrogen and oxygen atoms in total. The Morgan fingerprint density at radius 2 is 2.00 bits per heavy atom. The summed E-state index contributed by atoms with van der Waals surface area (Å²) in [5.41, 5.74) is 9.76. The van der Waals surface area contributed by atoms with Crippen molar-refractivity contribution in [3.8, 4) is 11.4 Å². The zero-order chi connectivity index (χ0) is 13.9. The molecule has 2 heterocycles. The zero-order valence-electron chi connectivity index (χ0n) is 11.6.